The van der Waals surface area contributed by atoms with Gasteiger partial charge in [0.15, 0.2) is 11.7 Å². The van der Waals surface area contributed by atoms with Gasteiger partial charge >= 0.3 is 0 Å². The molecular weight excluding hydrogens is 511 g/mol. The molecule has 2 N–H and O–H groups in total. The van der Waals surface area contributed by atoms with Crippen molar-refractivity contribution in [3.8, 4) is 0 Å². The lowest BCUT2D eigenvalue weighted by molar-refractivity contribution is -0.149. The van der Waals surface area contributed by atoms with Crippen LogP contribution in [0, 0.1) is 17.7 Å². The van der Waals surface area contributed by atoms with E-state index < -0.39 is 49.4 Å². The van der Waals surface area contributed by atoms with Gasteiger partial charge in [-0.3, -0.25) is 14.3 Å². The lowest BCUT2D eigenvalue weighted by Crippen LogP contribution is -2.58. The first-order chi connectivity index (χ1) is 16.9. The fourth-order valence-corrected chi connectivity index (χ4v) is 6.91. The molecule has 10 nitrogen and oxygen atoms in total. The van der Waals surface area contributed by atoms with Crippen molar-refractivity contribution < 1.29 is 30.8 Å². The number of amidine groups is 1. The Bertz CT molecular complexity index is 1520. The van der Waals surface area contributed by atoms with Gasteiger partial charge in [0.2, 0.25) is 15.9 Å². The smallest absolute Gasteiger partial charge is 0.286 e. The van der Waals surface area contributed by atoms with Crippen LogP contribution in [-0.4, -0.2) is 51.6 Å². The van der Waals surface area contributed by atoms with Crippen molar-refractivity contribution >= 4 is 48.9 Å². The first kappa shape index (κ1) is 24.4. The van der Waals surface area contributed by atoms with Gasteiger partial charge in [0, 0.05) is 24.2 Å². The summed E-state index contributed by atoms with van der Waals surface area (Å²) in [5, 5.41) is 2.81. The van der Waals surface area contributed by atoms with Crippen molar-refractivity contribution in [1.29, 1.82) is 0 Å². The molecule has 36 heavy (non-hydrogen) atoms. The predicted molar refractivity (Wildman–Crippen MR) is 130 cm³/mol. The molecule has 0 spiro atoms. The van der Waals surface area contributed by atoms with Gasteiger partial charge < -0.3 is 10.2 Å². The number of sulfonamides is 2. The molecule has 13 heteroatoms. The molecule has 190 valence electrons. The van der Waals surface area contributed by atoms with Crippen LogP contribution in [0.5, 0.6) is 0 Å². The highest BCUT2D eigenvalue weighted by molar-refractivity contribution is 7.92. The molecule has 1 amide bonds. The highest BCUT2D eigenvalue weighted by atomic mass is 32.2. The summed E-state index contributed by atoms with van der Waals surface area (Å²) in [6, 6.07) is 9.32. The van der Waals surface area contributed by atoms with Crippen molar-refractivity contribution in [2.75, 3.05) is 16.3 Å². The maximum atomic E-state index is 13.8. The molecule has 1 saturated carbocycles. The van der Waals surface area contributed by atoms with Gasteiger partial charge in [-0.15, -0.1) is 4.40 Å². The number of hydrogen-bond donors (Lipinski definition) is 2. The number of nitrogens with zero attached hydrogens (tertiary/aromatic N) is 2. The molecular formula is C23H23FN4O6S2. The fourth-order valence-electron chi connectivity index (χ4n) is 5.17. The zero-order chi connectivity index (χ0) is 25.8. The van der Waals surface area contributed by atoms with Crippen molar-refractivity contribution in [1.82, 2.24) is 4.90 Å². The SMILES string of the molecule is CS(=O)(=O)Nc1ccc2c(c1)S(=O)(=O)N=C(C1C(=O)C3CCCC3N(Cc3cccc(F)c3)C1=O)N2. The van der Waals surface area contributed by atoms with E-state index in [0.29, 0.717) is 18.4 Å². The summed E-state index contributed by atoms with van der Waals surface area (Å²) in [6.07, 6.45) is 2.85. The van der Waals surface area contributed by atoms with Gasteiger partial charge in [-0.1, -0.05) is 18.6 Å². The summed E-state index contributed by atoms with van der Waals surface area (Å²) >= 11 is 0. The van der Waals surface area contributed by atoms with Gasteiger partial charge in [0.05, 0.1) is 11.9 Å². The van der Waals surface area contributed by atoms with E-state index in [0.717, 1.165) is 18.7 Å². The quantitative estimate of drug-likeness (QED) is 0.560. The third-order valence-corrected chi connectivity index (χ3v) is 8.56. The van der Waals surface area contributed by atoms with Crippen LogP contribution in [0.15, 0.2) is 51.8 Å². The summed E-state index contributed by atoms with van der Waals surface area (Å²) in [6.45, 7) is 0.0820. The minimum Gasteiger partial charge on any atom is -0.341 e. The lowest BCUT2D eigenvalue weighted by Gasteiger charge is -2.41. The standard InChI is InChI=1S/C23H23FN4O6S2/c1-35(31,32)26-15-8-9-17-19(11-15)36(33,34)27-22(25-17)20-21(29)16-6-3-7-18(16)28(23(20)30)12-13-4-2-5-14(24)10-13/h2,4-5,8-11,16,18,20,26H,3,6-7,12H2,1H3,(H,25,27). The number of nitrogens with one attached hydrogen (secondary N) is 2. The second kappa shape index (κ2) is 8.66. The molecule has 0 radical (unpaired) electrons. The molecule has 0 aromatic heterocycles. The average molecular weight is 535 g/mol. The Labute approximate surface area is 207 Å². The van der Waals surface area contributed by atoms with E-state index in [1.807, 2.05) is 0 Å². The summed E-state index contributed by atoms with van der Waals surface area (Å²) in [7, 11) is -8.00. The molecule has 1 saturated heterocycles. The largest absolute Gasteiger partial charge is 0.341 e. The minimum atomic E-state index is -4.35. The Morgan fingerprint density at radius 2 is 1.94 bits per heavy atom. The number of anilines is 2. The monoisotopic (exact) mass is 534 g/mol. The van der Waals surface area contributed by atoms with Crippen LogP contribution in [0.2, 0.25) is 0 Å². The second-order valence-electron chi connectivity index (χ2n) is 9.20. The van der Waals surface area contributed by atoms with Crippen molar-refractivity contribution in [2.24, 2.45) is 16.2 Å². The van der Waals surface area contributed by atoms with E-state index in [1.54, 1.807) is 6.07 Å². The van der Waals surface area contributed by atoms with Gasteiger partial charge in [0.25, 0.3) is 10.0 Å². The number of amides is 1. The predicted octanol–water partition coefficient (Wildman–Crippen LogP) is 2.11. The van der Waals surface area contributed by atoms with Crippen molar-refractivity contribution in [3.63, 3.8) is 0 Å². The Morgan fingerprint density at radius 1 is 1.17 bits per heavy atom. The normalized spacial score (nSPS) is 25.0. The van der Waals surface area contributed by atoms with E-state index >= 15 is 0 Å². The van der Waals surface area contributed by atoms with Gasteiger partial charge in [-0.2, -0.15) is 8.42 Å². The Hall–Kier alpha value is -3.32. The first-order valence-corrected chi connectivity index (χ1v) is 14.6. The fraction of sp³-hybridized carbons (Fsp3) is 0.348. The van der Waals surface area contributed by atoms with Crippen LogP contribution in [0.25, 0.3) is 0 Å². The summed E-state index contributed by atoms with van der Waals surface area (Å²) in [5.41, 5.74) is 0.662. The molecule has 3 unspecified atom stereocenters. The molecule has 2 fully saturated rings. The molecule has 3 atom stereocenters. The zero-order valence-corrected chi connectivity index (χ0v) is 20.8. The number of piperidine rings is 1. The number of carbonyl (C=O) groups excluding carboxylic acids is 2. The van der Waals surface area contributed by atoms with Crippen LogP contribution in [0.3, 0.4) is 0 Å². The summed E-state index contributed by atoms with van der Waals surface area (Å²) in [5.74, 6) is -3.65. The van der Waals surface area contributed by atoms with Gasteiger partial charge in [0.1, 0.15) is 16.5 Å². The number of fused-ring (bicyclic) bond motifs is 2. The topological polar surface area (TPSA) is 142 Å². The number of hydrogen-bond acceptors (Lipinski definition) is 7. The number of rotatable bonds is 5. The van der Waals surface area contributed by atoms with Crippen molar-refractivity contribution in [3.05, 3.63) is 53.8 Å². The van der Waals surface area contributed by atoms with E-state index in [9.17, 15) is 30.8 Å². The lowest BCUT2D eigenvalue weighted by atomic mass is 9.81. The second-order valence-corrected chi connectivity index (χ2v) is 12.5. The number of halogens is 1. The molecule has 1 aliphatic carbocycles. The molecule has 2 aromatic carbocycles. The van der Waals surface area contributed by atoms with Gasteiger partial charge in [-0.05, 0) is 48.7 Å². The number of carbonyl (C=O) groups is 2. The summed E-state index contributed by atoms with van der Waals surface area (Å²) < 4.78 is 68.8. The minimum absolute atomic E-state index is 0.0279. The van der Waals surface area contributed by atoms with Crippen LogP contribution in [0.1, 0.15) is 24.8 Å². The van der Waals surface area contributed by atoms with E-state index in [1.165, 1.54) is 35.2 Å². The molecule has 0 bridgehead atoms. The third-order valence-electron chi connectivity index (χ3n) is 6.62. The summed E-state index contributed by atoms with van der Waals surface area (Å²) in [4.78, 5) is 28.3. The maximum Gasteiger partial charge on any atom is 0.286 e. The number of likely N-dealkylation sites (tertiary alicyclic amines) is 1. The van der Waals surface area contributed by atoms with Crippen LogP contribution >= 0.6 is 0 Å². The number of benzene rings is 2. The van der Waals surface area contributed by atoms with E-state index in [-0.39, 0.29) is 34.7 Å². The molecule has 2 heterocycles. The van der Waals surface area contributed by atoms with Crippen molar-refractivity contribution in [2.45, 2.75) is 36.7 Å². The number of ketones is 1. The highest BCUT2D eigenvalue weighted by Gasteiger charge is 2.52. The average Bonchev–Trinajstić information content (AvgIpc) is 3.26. The molecule has 3 aliphatic rings. The Morgan fingerprint density at radius 3 is 2.67 bits per heavy atom. The first-order valence-electron chi connectivity index (χ1n) is 11.3. The Balaban J connectivity index is 1.50. The molecule has 2 aliphatic heterocycles. The van der Waals surface area contributed by atoms with Crippen LogP contribution < -0.4 is 10.0 Å². The maximum absolute atomic E-state index is 13.8. The Kier molecular flexibility index (Phi) is 5.86. The van der Waals surface area contributed by atoms with Crippen LogP contribution in [-0.2, 0) is 36.2 Å². The number of Topliss-reactive ketones (excluding diaryl/α,β-unsaturated/α-hetero) is 1. The molecule has 2 aromatic rings. The third kappa shape index (κ3) is 4.48. The van der Waals surface area contributed by atoms with E-state index in [4.69, 9.17) is 0 Å². The van der Waals surface area contributed by atoms with Crippen LogP contribution in [0.4, 0.5) is 15.8 Å². The van der Waals surface area contributed by atoms with E-state index in [2.05, 4.69) is 14.4 Å². The molecule has 5 rings (SSSR count). The highest BCUT2D eigenvalue weighted by Crippen LogP contribution is 2.40. The zero-order valence-electron chi connectivity index (χ0n) is 19.1. The van der Waals surface area contributed by atoms with Gasteiger partial charge in [-0.25, -0.2) is 12.8 Å².